The highest BCUT2D eigenvalue weighted by Crippen LogP contribution is 2.37. The molecule has 22 heavy (non-hydrogen) atoms. The van der Waals surface area contributed by atoms with E-state index in [2.05, 4.69) is 9.97 Å². The molecule has 114 valence electrons. The van der Waals surface area contributed by atoms with Crippen molar-refractivity contribution in [3.63, 3.8) is 0 Å². The first-order valence-electron chi connectivity index (χ1n) is 5.73. The summed E-state index contributed by atoms with van der Waals surface area (Å²) in [6.07, 6.45) is -3.29. The average Bonchev–Trinajstić information content (AvgIpc) is 2.45. The van der Waals surface area contributed by atoms with Crippen molar-refractivity contribution in [2.45, 2.75) is 11.3 Å². The van der Waals surface area contributed by atoms with Crippen molar-refractivity contribution >= 4 is 11.8 Å². The van der Waals surface area contributed by atoms with Gasteiger partial charge in [0.05, 0.1) is 11.3 Å². The first kappa shape index (κ1) is 16.0. The second-order valence-electron chi connectivity index (χ2n) is 4.10. The molecule has 2 rings (SSSR count). The molecule has 1 aromatic heterocycles. The quantitative estimate of drug-likeness (QED) is 0.522. The number of benzene rings is 1. The van der Waals surface area contributed by atoms with Crippen LogP contribution in [0.2, 0.25) is 0 Å². The maximum absolute atomic E-state index is 13.1. The number of halogens is 4. The molecule has 2 aromatic rings. The standard InChI is InChI=1S/C13H7F4N3OS/c1-22-12-19-10(8(5-18)11(21)20-12)7-3-2-6(14)4-9(7)13(15,16)17/h2-4H,1H3,(H,19,20,21). The molecule has 0 amide bonds. The van der Waals surface area contributed by atoms with E-state index in [4.69, 9.17) is 5.26 Å². The fraction of sp³-hybridized carbons (Fsp3) is 0.154. The van der Waals surface area contributed by atoms with Crippen molar-refractivity contribution in [2.75, 3.05) is 6.26 Å². The Morgan fingerprint density at radius 3 is 2.59 bits per heavy atom. The Kier molecular flexibility index (Phi) is 4.23. The molecular weight excluding hydrogens is 322 g/mol. The smallest absolute Gasteiger partial charge is 0.300 e. The van der Waals surface area contributed by atoms with E-state index in [-0.39, 0.29) is 5.16 Å². The van der Waals surface area contributed by atoms with Crippen LogP contribution in [0.1, 0.15) is 11.1 Å². The minimum absolute atomic E-state index is 0.0523. The summed E-state index contributed by atoms with van der Waals surface area (Å²) >= 11 is 0.996. The molecule has 1 N–H and O–H groups in total. The minimum Gasteiger partial charge on any atom is -0.300 e. The number of nitrogens with one attached hydrogen (secondary N) is 1. The van der Waals surface area contributed by atoms with Crippen molar-refractivity contribution in [1.82, 2.24) is 9.97 Å². The predicted octanol–water partition coefficient (Wildman–Crippen LogP) is 3.19. The number of nitriles is 1. The zero-order valence-electron chi connectivity index (χ0n) is 11.0. The van der Waals surface area contributed by atoms with E-state index in [9.17, 15) is 22.4 Å². The van der Waals surface area contributed by atoms with E-state index >= 15 is 0 Å². The van der Waals surface area contributed by atoms with Gasteiger partial charge in [0.2, 0.25) is 0 Å². The van der Waals surface area contributed by atoms with Crippen LogP contribution in [0, 0.1) is 17.1 Å². The van der Waals surface area contributed by atoms with Gasteiger partial charge < -0.3 is 4.98 Å². The summed E-state index contributed by atoms with van der Waals surface area (Å²) in [5.74, 6) is -1.08. The van der Waals surface area contributed by atoms with E-state index in [0.717, 1.165) is 23.9 Å². The molecule has 0 aliphatic heterocycles. The lowest BCUT2D eigenvalue weighted by atomic mass is 10.0. The zero-order valence-corrected chi connectivity index (χ0v) is 11.8. The number of thioether (sulfide) groups is 1. The first-order chi connectivity index (χ1) is 10.3. The van der Waals surface area contributed by atoms with Crippen LogP contribution >= 0.6 is 11.8 Å². The molecule has 9 heteroatoms. The largest absolute Gasteiger partial charge is 0.417 e. The minimum atomic E-state index is -4.85. The van der Waals surface area contributed by atoms with Crippen molar-refractivity contribution in [3.8, 4) is 17.3 Å². The van der Waals surface area contributed by atoms with Gasteiger partial charge in [-0.25, -0.2) is 9.37 Å². The molecule has 4 nitrogen and oxygen atoms in total. The Morgan fingerprint density at radius 1 is 1.36 bits per heavy atom. The molecule has 0 atom stereocenters. The first-order valence-corrected chi connectivity index (χ1v) is 6.96. The average molecular weight is 329 g/mol. The van der Waals surface area contributed by atoms with Crippen LogP contribution in [0.5, 0.6) is 0 Å². The molecule has 0 bridgehead atoms. The highest BCUT2D eigenvalue weighted by molar-refractivity contribution is 7.98. The summed E-state index contributed by atoms with van der Waals surface area (Å²) in [5, 5.41) is 9.05. The topological polar surface area (TPSA) is 69.5 Å². The maximum atomic E-state index is 13.1. The molecule has 0 saturated carbocycles. The van der Waals surface area contributed by atoms with Gasteiger partial charge in [-0.1, -0.05) is 11.8 Å². The number of hydrogen-bond donors (Lipinski definition) is 1. The van der Waals surface area contributed by atoms with Crippen LogP contribution in [0.25, 0.3) is 11.3 Å². The Balaban J connectivity index is 2.86. The van der Waals surface area contributed by atoms with E-state index in [1.54, 1.807) is 6.26 Å². The van der Waals surface area contributed by atoms with Crippen molar-refractivity contribution in [1.29, 1.82) is 5.26 Å². The number of alkyl halides is 3. The van der Waals surface area contributed by atoms with Gasteiger partial charge in [-0.15, -0.1) is 0 Å². The SMILES string of the molecule is CSc1nc(-c2ccc(F)cc2C(F)(F)F)c(C#N)c(=O)[nH]1. The van der Waals surface area contributed by atoms with Gasteiger partial charge >= 0.3 is 6.18 Å². The molecule has 0 fully saturated rings. The van der Waals surface area contributed by atoms with Crippen LogP contribution in [-0.4, -0.2) is 16.2 Å². The van der Waals surface area contributed by atoms with Gasteiger partial charge in [-0.3, -0.25) is 4.79 Å². The second kappa shape index (κ2) is 5.81. The van der Waals surface area contributed by atoms with Gasteiger partial charge in [0, 0.05) is 5.56 Å². The Labute approximate surface area is 125 Å². The summed E-state index contributed by atoms with van der Waals surface area (Å²) in [6, 6.07) is 3.50. The number of hydrogen-bond acceptors (Lipinski definition) is 4. The predicted molar refractivity (Wildman–Crippen MR) is 71.7 cm³/mol. The Bertz CT molecular complexity index is 824. The number of aromatic nitrogens is 2. The summed E-state index contributed by atoms with van der Waals surface area (Å²) < 4.78 is 52.3. The normalized spacial score (nSPS) is 11.3. The lowest BCUT2D eigenvalue weighted by molar-refractivity contribution is -0.137. The number of H-pyrrole nitrogens is 1. The monoisotopic (exact) mass is 329 g/mol. The number of aromatic amines is 1. The summed E-state index contributed by atoms with van der Waals surface area (Å²) in [4.78, 5) is 17.9. The molecule has 0 saturated heterocycles. The molecule has 0 spiro atoms. The zero-order chi connectivity index (χ0) is 16.5. The van der Waals surface area contributed by atoms with E-state index < -0.39 is 39.9 Å². The van der Waals surface area contributed by atoms with E-state index in [1.165, 1.54) is 6.07 Å². The third-order valence-corrected chi connectivity index (χ3v) is 3.33. The van der Waals surface area contributed by atoms with Crippen LogP contribution in [-0.2, 0) is 6.18 Å². The van der Waals surface area contributed by atoms with Crippen molar-refractivity contribution in [3.05, 3.63) is 45.5 Å². The summed E-state index contributed by atoms with van der Waals surface area (Å²) in [7, 11) is 0. The number of rotatable bonds is 2. The molecule has 0 aliphatic carbocycles. The molecule has 0 radical (unpaired) electrons. The highest BCUT2D eigenvalue weighted by Gasteiger charge is 2.35. The van der Waals surface area contributed by atoms with Gasteiger partial charge in [0.25, 0.3) is 5.56 Å². The van der Waals surface area contributed by atoms with E-state index in [0.29, 0.717) is 6.07 Å². The Morgan fingerprint density at radius 2 is 2.05 bits per heavy atom. The lowest BCUT2D eigenvalue weighted by Gasteiger charge is -2.13. The van der Waals surface area contributed by atoms with Crippen LogP contribution in [0.4, 0.5) is 17.6 Å². The van der Waals surface area contributed by atoms with Crippen LogP contribution in [0.15, 0.2) is 28.2 Å². The van der Waals surface area contributed by atoms with Gasteiger partial charge in [0.15, 0.2) is 5.16 Å². The van der Waals surface area contributed by atoms with Crippen LogP contribution < -0.4 is 5.56 Å². The van der Waals surface area contributed by atoms with Crippen LogP contribution in [0.3, 0.4) is 0 Å². The fourth-order valence-electron chi connectivity index (χ4n) is 1.81. The molecular formula is C13H7F4N3OS. The van der Waals surface area contributed by atoms with Gasteiger partial charge in [0.1, 0.15) is 17.4 Å². The molecule has 1 heterocycles. The second-order valence-corrected chi connectivity index (χ2v) is 4.89. The van der Waals surface area contributed by atoms with Gasteiger partial charge in [-0.05, 0) is 24.5 Å². The fourth-order valence-corrected chi connectivity index (χ4v) is 2.18. The van der Waals surface area contributed by atoms with Gasteiger partial charge in [-0.2, -0.15) is 18.4 Å². The van der Waals surface area contributed by atoms with Crippen molar-refractivity contribution < 1.29 is 17.6 Å². The summed E-state index contributed by atoms with van der Waals surface area (Å²) in [6.45, 7) is 0. The Hall–Kier alpha value is -2.34. The molecule has 1 aromatic carbocycles. The molecule has 0 aliphatic rings. The highest BCUT2D eigenvalue weighted by atomic mass is 32.2. The lowest BCUT2D eigenvalue weighted by Crippen LogP contribution is -2.16. The summed E-state index contributed by atoms with van der Waals surface area (Å²) in [5.41, 5.74) is -3.66. The van der Waals surface area contributed by atoms with E-state index in [1.807, 2.05) is 0 Å². The maximum Gasteiger partial charge on any atom is 0.417 e. The molecule has 0 unspecified atom stereocenters. The third-order valence-electron chi connectivity index (χ3n) is 2.74. The van der Waals surface area contributed by atoms with Crippen molar-refractivity contribution in [2.24, 2.45) is 0 Å². The third kappa shape index (κ3) is 2.96. The number of nitrogens with zero attached hydrogens (tertiary/aromatic N) is 2.